The number of hydrogen-bond donors (Lipinski definition) is 3. The van der Waals surface area contributed by atoms with E-state index in [2.05, 4.69) is 6.58 Å². The molecule has 0 amide bonds. The van der Waals surface area contributed by atoms with Gasteiger partial charge in [0, 0.05) is 12.5 Å². The van der Waals surface area contributed by atoms with Crippen LogP contribution in [0.2, 0.25) is 0 Å². The van der Waals surface area contributed by atoms with Gasteiger partial charge < -0.3 is 34.3 Å². The minimum Gasteiger partial charge on any atom is -0.461 e. The summed E-state index contributed by atoms with van der Waals surface area (Å²) in [6, 6.07) is 0. The van der Waals surface area contributed by atoms with E-state index in [1.165, 1.54) is 6.92 Å². The van der Waals surface area contributed by atoms with Crippen LogP contribution in [0.5, 0.6) is 0 Å². The van der Waals surface area contributed by atoms with Crippen molar-refractivity contribution in [3.05, 3.63) is 35.5 Å². The SMILES string of the molecule is C=C(CC/C=C(/C)COC(C)=O)CCO[C@@H]1O[C@H](CO)[C@@H](O)[C@H](OC(=O)/C(C)=C\C)[C@H]1O. The Balaban J connectivity index is 2.54. The highest BCUT2D eigenvalue weighted by Crippen LogP contribution is 2.25. The number of carbonyl (C=O) groups excluding carboxylic acids is 2. The van der Waals surface area contributed by atoms with Crippen LogP contribution in [0.25, 0.3) is 0 Å². The van der Waals surface area contributed by atoms with E-state index in [0.29, 0.717) is 18.4 Å². The van der Waals surface area contributed by atoms with Crippen LogP contribution in [-0.2, 0) is 28.5 Å². The first-order chi connectivity index (χ1) is 15.1. The summed E-state index contributed by atoms with van der Waals surface area (Å²) in [7, 11) is 0. The number of hydrogen-bond acceptors (Lipinski definition) is 9. The van der Waals surface area contributed by atoms with Gasteiger partial charge in [-0.2, -0.15) is 0 Å². The Morgan fingerprint density at radius 2 is 1.81 bits per heavy atom. The number of ether oxygens (including phenoxy) is 4. The fourth-order valence-corrected chi connectivity index (χ4v) is 2.91. The molecule has 1 aliphatic rings. The van der Waals surface area contributed by atoms with E-state index in [9.17, 15) is 24.9 Å². The second-order valence-corrected chi connectivity index (χ2v) is 7.79. The van der Waals surface area contributed by atoms with Gasteiger partial charge in [-0.1, -0.05) is 24.3 Å². The summed E-state index contributed by atoms with van der Waals surface area (Å²) in [4.78, 5) is 22.9. The minimum absolute atomic E-state index is 0.180. The van der Waals surface area contributed by atoms with E-state index in [-0.39, 0.29) is 19.2 Å². The summed E-state index contributed by atoms with van der Waals surface area (Å²) in [5.74, 6) is -1.00. The molecule has 0 saturated carbocycles. The monoisotopic (exact) mass is 456 g/mol. The van der Waals surface area contributed by atoms with Crippen LogP contribution < -0.4 is 0 Å². The molecular weight excluding hydrogens is 420 g/mol. The smallest absolute Gasteiger partial charge is 0.333 e. The third kappa shape index (κ3) is 9.22. The second-order valence-electron chi connectivity index (χ2n) is 7.79. The van der Waals surface area contributed by atoms with Crippen LogP contribution in [0.15, 0.2) is 35.5 Å². The zero-order valence-corrected chi connectivity index (χ0v) is 19.3. The molecule has 0 aromatic carbocycles. The highest BCUT2D eigenvalue weighted by molar-refractivity contribution is 5.87. The Morgan fingerprint density at radius 3 is 2.41 bits per heavy atom. The Bertz CT molecular complexity index is 698. The molecule has 182 valence electrons. The van der Waals surface area contributed by atoms with Crippen LogP contribution in [0.4, 0.5) is 0 Å². The van der Waals surface area contributed by atoms with Gasteiger partial charge >= 0.3 is 11.9 Å². The highest BCUT2D eigenvalue weighted by Gasteiger charge is 2.47. The molecule has 0 radical (unpaired) electrons. The first-order valence-corrected chi connectivity index (χ1v) is 10.6. The lowest BCUT2D eigenvalue weighted by atomic mass is 9.99. The van der Waals surface area contributed by atoms with Crippen molar-refractivity contribution in [2.24, 2.45) is 0 Å². The molecule has 1 saturated heterocycles. The van der Waals surface area contributed by atoms with Crippen molar-refractivity contribution in [3.63, 3.8) is 0 Å². The molecular formula is C23H36O9. The Morgan fingerprint density at radius 1 is 1.12 bits per heavy atom. The van der Waals surface area contributed by atoms with Crippen LogP contribution >= 0.6 is 0 Å². The standard InChI is InChI=1S/C23H36O9/c1-6-16(4)22(28)32-21-19(26)18(12-24)31-23(20(21)27)29-11-10-14(2)8-7-9-15(3)13-30-17(5)25/h6,9,18-21,23-24,26-27H,2,7-8,10-13H2,1,3-5H3/b15-9-,16-6-/t18-,19-,20-,21+,23-/m1/s1. The second kappa shape index (κ2) is 14.2. The zero-order valence-electron chi connectivity index (χ0n) is 19.3. The molecule has 1 fully saturated rings. The lowest BCUT2D eigenvalue weighted by molar-refractivity contribution is -0.302. The number of esters is 2. The summed E-state index contributed by atoms with van der Waals surface area (Å²) < 4.78 is 21.2. The number of rotatable bonds is 12. The first-order valence-electron chi connectivity index (χ1n) is 10.6. The van der Waals surface area contributed by atoms with Gasteiger partial charge in [0.2, 0.25) is 0 Å². The molecule has 5 atom stereocenters. The molecule has 0 spiro atoms. The average Bonchev–Trinajstić information content (AvgIpc) is 2.75. The van der Waals surface area contributed by atoms with Crippen molar-refractivity contribution in [3.8, 4) is 0 Å². The normalized spacial score (nSPS) is 26.5. The highest BCUT2D eigenvalue weighted by atomic mass is 16.7. The summed E-state index contributed by atoms with van der Waals surface area (Å²) in [5.41, 5.74) is 2.19. The first kappa shape index (κ1) is 28.0. The Hall–Kier alpha value is -2.04. The van der Waals surface area contributed by atoms with E-state index in [1.54, 1.807) is 19.9 Å². The molecule has 32 heavy (non-hydrogen) atoms. The van der Waals surface area contributed by atoms with Gasteiger partial charge in [0.05, 0.1) is 13.2 Å². The van der Waals surface area contributed by atoms with Crippen LogP contribution in [0.1, 0.15) is 47.0 Å². The summed E-state index contributed by atoms with van der Waals surface area (Å²) >= 11 is 0. The van der Waals surface area contributed by atoms with Gasteiger partial charge in [-0.05, 0) is 45.6 Å². The molecule has 0 aromatic rings. The Labute approximate surface area is 189 Å². The number of allylic oxidation sites excluding steroid dienone is 2. The quantitative estimate of drug-likeness (QED) is 0.227. The average molecular weight is 457 g/mol. The van der Waals surface area contributed by atoms with Gasteiger partial charge in [-0.15, -0.1) is 0 Å². The number of aliphatic hydroxyl groups is 3. The van der Waals surface area contributed by atoms with Gasteiger partial charge in [0.1, 0.15) is 24.9 Å². The van der Waals surface area contributed by atoms with E-state index >= 15 is 0 Å². The number of aliphatic hydroxyl groups excluding tert-OH is 3. The number of carbonyl (C=O) groups is 2. The predicted molar refractivity (Wildman–Crippen MR) is 116 cm³/mol. The molecule has 0 unspecified atom stereocenters. The van der Waals surface area contributed by atoms with E-state index < -0.39 is 43.3 Å². The summed E-state index contributed by atoms with van der Waals surface area (Å²) in [5, 5.41) is 30.3. The lowest BCUT2D eigenvalue weighted by Crippen LogP contribution is -2.60. The fourth-order valence-electron chi connectivity index (χ4n) is 2.91. The van der Waals surface area contributed by atoms with E-state index in [1.807, 2.05) is 13.0 Å². The van der Waals surface area contributed by atoms with Crippen molar-refractivity contribution < 1.29 is 43.9 Å². The summed E-state index contributed by atoms with van der Waals surface area (Å²) in [6.07, 6.45) is -0.927. The van der Waals surface area contributed by atoms with E-state index in [0.717, 1.165) is 17.6 Å². The maximum absolute atomic E-state index is 12.1. The molecule has 9 heteroatoms. The van der Waals surface area contributed by atoms with Crippen LogP contribution in [-0.4, -0.2) is 77.8 Å². The van der Waals surface area contributed by atoms with Crippen molar-refractivity contribution in [1.82, 2.24) is 0 Å². The largest absolute Gasteiger partial charge is 0.461 e. The summed E-state index contributed by atoms with van der Waals surface area (Å²) in [6.45, 7) is 10.4. The van der Waals surface area contributed by atoms with E-state index in [4.69, 9.17) is 18.9 Å². The van der Waals surface area contributed by atoms with Gasteiger partial charge in [0.15, 0.2) is 12.4 Å². The molecule has 0 aromatic heterocycles. The van der Waals surface area contributed by atoms with Crippen molar-refractivity contribution >= 4 is 11.9 Å². The molecule has 9 nitrogen and oxygen atoms in total. The van der Waals surface area contributed by atoms with Crippen molar-refractivity contribution in [2.75, 3.05) is 19.8 Å². The molecule has 1 heterocycles. The topological polar surface area (TPSA) is 132 Å². The molecule has 1 aliphatic heterocycles. The maximum atomic E-state index is 12.1. The molecule has 0 bridgehead atoms. The zero-order chi connectivity index (χ0) is 24.3. The molecule has 0 aliphatic carbocycles. The van der Waals surface area contributed by atoms with Gasteiger partial charge in [-0.3, -0.25) is 4.79 Å². The molecule has 3 N–H and O–H groups in total. The third-order valence-corrected chi connectivity index (χ3v) is 5.05. The minimum atomic E-state index is -1.43. The van der Waals surface area contributed by atoms with Gasteiger partial charge in [0.25, 0.3) is 0 Å². The Kier molecular flexibility index (Phi) is 12.4. The van der Waals surface area contributed by atoms with Crippen LogP contribution in [0.3, 0.4) is 0 Å². The third-order valence-electron chi connectivity index (χ3n) is 5.05. The van der Waals surface area contributed by atoms with Crippen molar-refractivity contribution in [1.29, 1.82) is 0 Å². The molecule has 1 rings (SSSR count). The lowest BCUT2D eigenvalue weighted by Gasteiger charge is -2.41. The fraction of sp³-hybridized carbons (Fsp3) is 0.652. The van der Waals surface area contributed by atoms with Crippen LogP contribution in [0, 0.1) is 0 Å². The maximum Gasteiger partial charge on any atom is 0.333 e. The predicted octanol–water partition coefficient (Wildman–Crippen LogP) is 1.56. The van der Waals surface area contributed by atoms with Crippen molar-refractivity contribution in [2.45, 2.75) is 77.7 Å². The van der Waals surface area contributed by atoms with Gasteiger partial charge in [-0.25, -0.2) is 4.79 Å².